The maximum Gasteiger partial charge on any atom is 0.127 e. The van der Waals surface area contributed by atoms with E-state index in [2.05, 4.69) is 27.1 Å². The number of hydrogen-bond acceptors (Lipinski definition) is 5. The fraction of sp³-hybridized carbons (Fsp3) is 0.769. The van der Waals surface area contributed by atoms with Gasteiger partial charge in [0.25, 0.3) is 0 Å². The summed E-state index contributed by atoms with van der Waals surface area (Å²) in [6.07, 6.45) is 8.10. The molecule has 0 bridgehead atoms. The van der Waals surface area contributed by atoms with E-state index in [0.717, 1.165) is 45.2 Å². The molecule has 5 heteroatoms. The molecule has 2 saturated heterocycles. The van der Waals surface area contributed by atoms with Gasteiger partial charge in [-0.2, -0.15) is 0 Å². The minimum absolute atomic E-state index is 0.311. The van der Waals surface area contributed by atoms with E-state index >= 15 is 0 Å². The summed E-state index contributed by atoms with van der Waals surface area (Å²) in [6.45, 7) is 4.61. The predicted octanol–water partition coefficient (Wildman–Crippen LogP) is 0.384. The van der Waals surface area contributed by atoms with Crippen molar-refractivity contribution in [2.24, 2.45) is 10.7 Å². The lowest BCUT2D eigenvalue weighted by atomic mass is 10.2. The highest BCUT2D eigenvalue weighted by Gasteiger charge is 2.23. The van der Waals surface area contributed by atoms with Crippen LogP contribution in [0.5, 0.6) is 0 Å². The fourth-order valence-electron chi connectivity index (χ4n) is 2.80. The molecule has 18 heavy (non-hydrogen) atoms. The van der Waals surface area contributed by atoms with Crippen LogP contribution in [0, 0.1) is 0 Å². The summed E-state index contributed by atoms with van der Waals surface area (Å²) in [5.41, 5.74) is 5.92. The minimum atomic E-state index is 0.311. The van der Waals surface area contributed by atoms with E-state index in [0.29, 0.717) is 12.1 Å². The summed E-state index contributed by atoms with van der Waals surface area (Å²) in [4.78, 5) is 9.15. The quantitative estimate of drug-likeness (QED) is 0.770. The van der Waals surface area contributed by atoms with Crippen LogP contribution in [-0.2, 0) is 4.74 Å². The van der Waals surface area contributed by atoms with Crippen molar-refractivity contribution in [3.63, 3.8) is 0 Å². The summed E-state index contributed by atoms with van der Waals surface area (Å²) < 4.78 is 5.65. The molecule has 3 rings (SSSR count). The van der Waals surface area contributed by atoms with Crippen LogP contribution in [0.15, 0.2) is 17.3 Å². The number of ether oxygens (including phenoxy) is 1. The number of likely N-dealkylation sites (tertiary alicyclic amines) is 1. The van der Waals surface area contributed by atoms with E-state index in [1.54, 1.807) is 0 Å². The normalized spacial score (nSPS) is 32.2. The number of hydrogen-bond donors (Lipinski definition) is 1. The molecule has 2 fully saturated rings. The molecule has 0 aromatic heterocycles. The Bertz CT molecular complexity index is 349. The van der Waals surface area contributed by atoms with Crippen molar-refractivity contribution < 1.29 is 4.74 Å². The van der Waals surface area contributed by atoms with Gasteiger partial charge in [0.2, 0.25) is 0 Å². The van der Waals surface area contributed by atoms with Crippen molar-refractivity contribution in [1.82, 2.24) is 9.80 Å². The molecule has 0 amide bonds. The number of rotatable bonds is 2. The third-order valence-electron chi connectivity index (χ3n) is 3.86. The molecule has 100 valence electrons. The first-order chi connectivity index (χ1) is 8.81. The van der Waals surface area contributed by atoms with Crippen LogP contribution in [0.25, 0.3) is 0 Å². The van der Waals surface area contributed by atoms with Crippen LogP contribution >= 0.6 is 0 Å². The van der Waals surface area contributed by atoms with Crippen molar-refractivity contribution in [3.05, 3.63) is 12.3 Å². The molecule has 3 heterocycles. The van der Waals surface area contributed by atoms with E-state index in [-0.39, 0.29) is 0 Å². The first-order valence-electron chi connectivity index (χ1n) is 6.90. The van der Waals surface area contributed by atoms with E-state index in [1.807, 2.05) is 0 Å². The van der Waals surface area contributed by atoms with E-state index < -0.39 is 0 Å². The van der Waals surface area contributed by atoms with Gasteiger partial charge in [-0.3, -0.25) is 0 Å². The molecule has 0 saturated carbocycles. The molecule has 0 aliphatic carbocycles. The summed E-state index contributed by atoms with van der Waals surface area (Å²) in [7, 11) is 0. The Morgan fingerprint density at radius 2 is 2.39 bits per heavy atom. The second-order valence-corrected chi connectivity index (χ2v) is 5.37. The third-order valence-corrected chi connectivity index (χ3v) is 3.86. The Labute approximate surface area is 108 Å². The molecule has 1 unspecified atom stereocenters. The molecule has 0 aromatic rings. The maximum atomic E-state index is 5.92. The molecule has 2 atom stereocenters. The van der Waals surface area contributed by atoms with Gasteiger partial charge in [-0.25, -0.2) is 4.99 Å². The van der Waals surface area contributed by atoms with Gasteiger partial charge in [-0.05, 0) is 25.3 Å². The zero-order valence-electron chi connectivity index (χ0n) is 10.8. The van der Waals surface area contributed by atoms with Crippen LogP contribution in [0.1, 0.15) is 19.3 Å². The predicted molar refractivity (Wildman–Crippen MR) is 71.3 cm³/mol. The molecule has 0 radical (unpaired) electrons. The van der Waals surface area contributed by atoms with Crippen molar-refractivity contribution >= 4 is 5.84 Å². The SMILES string of the molecule is N[C@@H]1CCN(C2=NCN(CC3CCCO3)C=C2)C1. The highest BCUT2D eigenvalue weighted by Crippen LogP contribution is 2.16. The molecule has 0 spiro atoms. The number of amidine groups is 1. The number of nitrogens with two attached hydrogens (primary N) is 1. The molecule has 0 aromatic carbocycles. The smallest absolute Gasteiger partial charge is 0.127 e. The van der Waals surface area contributed by atoms with Gasteiger partial charge in [0, 0.05) is 38.5 Å². The lowest BCUT2D eigenvalue weighted by molar-refractivity contribution is 0.0869. The average molecular weight is 250 g/mol. The Morgan fingerprint density at radius 3 is 3.00 bits per heavy atom. The maximum absolute atomic E-state index is 5.92. The van der Waals surface area contributed by atoms with Crippen LogP contribution in [0.4, 0.5) is 0 Å². The van der Waals surface area contributed by atoms with Gasteiger partial charge in [-0.15, -0.1) is 0 Å². The number of aliphatic imine (C=N–C) groups is 1. The van der Waals surface area contributed by atoms with Gasteiger partial charge < -0.3 is 20.3 Å². The Balaban J connectivity index is 1.50. The van der Waals surface area contributed by atoms with Gasteiger partial charge in [-0.1, -0.05) is 0 Å². The van der Waals surface area contributed by atoms with Crippen molar-refractivity contribution in [2.45, 2.75) is 31.4 Å². The van der Waals surface area contributed by atoms with Crippen molar-refractivity contribution in [1.29, 1.82) is 0 Å². The van der Waals surface area contributed by atoms with Gasteiger partial charge >= 0.3 is 0 Å². The first-order valence-corrected chi connectivity index (χ1v) is 6.90. The fourth-order valence-corrected chi connectivity index (χ4v) is 2.80. The van der Waals surface area contributed by atoms with E-state index in [1.165, 1.54) is 12.8 Å². The Morgan fingerprint density at radius 1 is 1.44 bits per heavy atom. The van der Waals surface area contributed by atoms with Gasteiger partial charge in [0.05, 0.1) is 6.10 Å². The average Bonchev–Trinajstić information content (AvgIpc) is 3.02. The standard InChI is InChI=1S/C13H22N4O/c14-11-3-6-17(8-11)13-4-5-16(10-15-13)9-12-2-1-7-18-12/h4-5,11-12H,1-3,6-10,14H2/t11-,12?/m1/s1. The first kappa shape index (κ1) is 12.0. The Hall–Kier alpha value is -1.07. The van der Waals surface area contributed by atoms with Gasteiger partial charge in [0.15, 0.2) is 0 Å². The molecule has 3 aliphatic rings. The van der Waals surface area contributed by atoms with Crippen LogP contribution in [0.3, 0.4) is 0 Å². The van der Waals surface area contributed by atoms with Crippen LogP contribution in [-0.4, -0.2) is 60.7 Å². The molecule has 2 N–H and O–H groups in total. The second-order valence-electron chi connectivity index (χ2n) is 5.37. The van der Waals surface area contributed by atoms with Crippen LogP contribution < -0.4 is 5.73 Å². The summed E-state index contributed by atoms with van der Waals surface area (Å²) in [6, 6.07) is 0.311. The van der Waals surface area contributed by atoms with Crippen LogP contribution in [0.2, 0.25) is 0 Å². The summed E-state index contributed by atoms with van der Waals surface area (Å²) in [5, 5.41) is 0. The Kier molecular flexibility index (Phi) is 3.52. The molecular weight excluding hydrogens is 228 g/mol. The summed E-state index contributed by atoms with van der Waals surface area (Å²) >= 11 is 0. The lowest BCUT2D eigenvalue weighted by Gasteiger charge is -2.27. The third kappa shape index (κ3) is 2.67. The lowest BCUT2D eigenvalue weighted by Crippen LogP contribution is -2.36. The highest BCUT2D eigenvalue weighted by molar-refractivity contribution is 5.93. The van der Waals surface area contributed by atoms with Gasteiger partial charge in [0.1, 0.15) is 12.5 Å². The topological polar surface area (TPSA) is 54.1 Å². The highest BCUT2D eigenvalue weighted by atomic mass is 16.5. The molecule has 3 aliphatic heterocycles. The zero-order valence-corrected chi connectivity index (χ0v) is 10.8. The van der Waals surface area contributed by atoms with E-state index in [9.17, 15) is 0 Å². The minimum Gasteiger partial charge on any atom is -0.376 e. The largest absolute Gasteiger partial charge is 0.376 e. The van der Waals surface area contributed by atoms with Crippen molar-refractivity contribution in [2.75, 3.05) is 32.9 Å². The molecular formula is C13H22N4O. The zero-order chi connectivity index (χ0) is 12.4. The molecule has 5 nitrogen and oxygen atoms in total. The second kappa shape index (κ2) is 5.28. The summed E-state index contributed by atoms with van der Waals surface area (Å²) in [5.74, 6) is 1.09. The number of nitrogens with zero attached hydrogens (tertiary/aromatic N) is 3. The van der Waals surface area contributed by atoms with E-state index in [4.69, 9.17) is 10.5 Å². The van der Waals surface area contributed by atoms with Crippen molar-refractivity contribution in [3.8, 4) is 0 Å². The monoisotopic (exact) mass is 250 g/mol.